The lowest BCUT2D eigenvalue weighted by molar-refractivity contribution is 0.109. The highest BCUT2D eigenvalue weighted by Crippen LogP contribution is 1.88. The van der Waals surface area contributed by atoms with Crippen LogP contribution in [-0.4, -0.2) is 12.7 Å². The standard InChI is InChI=1S/C7H9NO/c1-3-7(2)9-6-4-5-8/h1,7H,4,6H2,2H3. The Labute approximate surface area is 55.4 Å². The van der Waals surface area contributed by atoms with Gasteiger partial charge in [-0.3, -0.25) is 0 Å². The van der Waals surface area contributed by atoms with Crippen molar-refractivity contribution in [2.45, 2.75) is 19.4 Å². The van der Waals surface area contributed by atoms with Gasteiger partial charge in [0.05, 0.1) is 19.1 Å². The monoisotopic (exact) mass is 123 g/mol. The van der Waals surface area contributed by atoms with E-state index in [9.17, 15) is 0 Å². The SMILES string of the molecule is C#CC(C)OCCC#N. The summed E-state index contributed by atoms with van der Waals surface area (Å²) in [7, 11) is 0. The Balaban J connectivity index is 3.12. The summed E-state index contributed by atoms with van der Waals surface area (Å²) in [6, 6.07) is 1.95. The van der Waals surface area contributed by atoms with Crippen molar-refractivity contribution in [1.29, 1.82) is 5.26 Å². The second-order valence-electron chi connectivity index (χ2n) is 1.59. The molecule has 0 saturated heterocycles. The molecule has 0 aromatic rings. The minimum atomic E-state index is -0.168. The summed E-state index contributed by atoms with van der Waals surface area (Å²) < 4.78 is 4.97. The number of nitrogens with zero attached hydrogens (tertiary/aromatic N) is 1. The van der Waals surface area contributed by atoms with Crippen molar-refractivity contribution in [3.63, 3.8) is 0 Å². The number of terminal acetylenes is 1. The van der Waals surface area contributed by atoms with E-state index in [2.05, 4.69) is 5.92 Å². The highest BCUT2D eigenvalue weighted by Gasteiger charge is 1.92. The Morgan fingerprint density at radius 3 is 2.89 bits per heavy atom. The second kappa shape index (κ2) is 5.15. The lowest BCUT2D eigenvalue weighted by Crippen LogP contribution is -2.05. The predicted molar refractivity (Wildman–Crippen MR) is 34.5 cm³/mol. The van der Waals surface area contributed by atoms with Crippen LogP contribution in [0.4, 0.5) is 0 Å². The van der Waals surface area contributed by atoms with Crippen LogP contribution in [0.3, 0.4) is 0 Å². The molecule has 0 aliphatic rings. The average Bonchev–Trinajstić information content (AvgIpc) is 1.89. The normalized spacial score (nSPS) is 11.4. The summed E-state index contributed by atoms with van der Waals surface area (Å²) >= 11 is 0. The number of hydrogen-bond donors (Lipinski definition) is 0. The molecule has 2 heteroatoms. The molecule has 9 heavy (non-hydrogen) atoms. The van der Waals surface area contributed by atoms with Crippen molar-refractivity contribution in [2.24, 2.45) is 0 Å². The Morgan fingerprint density at radius 1 is 1.78 bits per heavy atom. The molecule has 0 heterocycles. The van der Waals surface area contributed by atoms with Gasteiger partial charge in [-0.2, -0.15) is 5.26 Å². The first-order valence-electron chi connectivity index (χ1n) is 2.76. The summed E-state index contributed by atoms with van der Waals surface area (Å²) in [4.78, 5) is 0. The molecule has 0 rings (SSSR count). The summed E-state index contributed by atoms with van der Waals surface area (Å²) in [5.41, 5.74) is 0. The van der Waals surface area contributed by atoms with Gasteiger partial charge < -0.3 is 4.74 Å². The van der Waals surface area contributed by atoms with E-state index in [-0.39, 0.29) is 6.10 Å². The third-order valence-corrected chi connectivity index (χ3v) is 0.816. The van der Waals surface area contributed by atoms with E-state index in [1.165, 1.54) is 0 Å². The lowest BCUT2D eigenvalue weighted by Gasteiger charge is -2.01. The molecule has 0 saturated carbocycles. The van der Waals surface area contributed by atoms with Gasteiger partial charge in [-0.15, -0.1) is 6.42 Å². The third kappa shape index (κ3) is 4.87. The van der Waals surface area contributed by atoms with Crippen LogP contribution in [0.1, 0.15) is 13.3 Å². The molecule has 0 bridgehead atoms. The molecule has 0 amide bonds. The Hall–Kier alpha value is -0.990. The zero-order valence-electron chi connectivity index (χ0n) is 5.42. The van der Waals surface area contributed by atoms with Crippen LogP contribution in [0.25, 0.3) is 0 Å². The molecule has 0 aromatic carbocycles. The fraction of sp³-hybridized carbons (Fsp3) is 0.571. The average molecular weight is 123 g/mol. The Kier molecular flexibility index (Phi) is 4.59. The van der Waals surface area contributed by atoms with Gasteiger partial charge in [-0.05, 0) is 6.92 Å². The molecule has 0 N–H and O–H groups in total. The molecule has 0 aliphatic heterocycles. The fourth-order valence-corrected chi connectivity index (χ4v) is 0.329. The number of hydrogen-bond acceptors (Lipinski definition) is 2. The Bertz CT molecular complexity index is 140. The summed E-state index contributed by atoms with van der Waals surface area (Å²) in [6.45, 7) is 2.21. The number of nitriles is 1. The first-order chi connectivity index (χ1) is 4.31. The van der Waals surface area contributed by atoms with Crippen molar-refractivity contribution in [3.8, 4) is 18.4 Å². The van der Waals surface area contributed by atoms with E-state index >= 15 is 0 Å². The van der Waals surface area contributed by atoms with Crippen molar-refractivity contribution in [1.82, 2.24) is 0 Å². The molecule has 0 aromatic heterocycles. The Morgan fingerprint density at radius 2 is 2.44 bits per heavy atom. The predicted octanol–water partition coefficient (Wildman–Crippen LogP) is 0.938. The smallest absolute Gasteiger partial charge is 0.115 e. The highest BCUT2D eigenvalue weighted by molar-refractivity contribution is 4.91. The van der Waals surface area contributed by atoms with Gasteiger partial charge in [-0.1, -0.05) is 5.92 Å². The van der Waals surface area contributed by atoms with E-state index in [0.717, 1.165) is 0 Å². The maximum Gasteiger partial charge on any atom is 0.115 e. The van der Waals surface area contributed by atoms with Crippen LogP contribution in [0.2, 0.25) is 0 Å². The van der Waals surface area contributed by atoms with E-state index in [0.29, 0.717) is 13.0 Å². The molecular formula is C7H9NO. The molecule has 48 valence electrons. The van der Waals surface area contributed by atoms with Gasteiger partial charge >= 0.3 is 0 Å². The molecule has 0 spiro atoms. The van der Waals surface area contributed by atoms with Crippen LogP contribution < -0.4 is 0 Å². The fourth-order valence-electron chi connectivity index (χ4n) is 0.329. The van der Waals surface area contributed by atoms with E-state index in [1.807, 2.05) is 6.07 Å². The van der Waals surface area contributed by atoms with E-state index in [1.54, 1.807) is 6.92 Å². The molecule has 0 radical (unpaired) electrons. The zero-order valence-corrected chi connectivity index (χ0v) is 5.42. The molecule has 0 aliphatic carbocycles. The van der Waals surface area contributed by atoms with Crippen molar-refractivity contribution >= 4 is 0 Å². The van der Waals surface area contributed by atoms with Crippen LogP contribution in [0.5, 0.6) is 0 Å². The molecule has 0 fully saturated rings. The van der Waals surface area contributed by atoms with Crippen molar-refractivity contribution in [2.75, 3.05) is 6.61 Å². The summed E-state index contributed by atoms with van der Waals surface area (Å²) in [5.74, 6) is 2.39. The van der Waals surface area contributed by atoms with Crippen molar-refractivity contribution < 1.29 is 4.74 Å². The van der Waals surface area contributed by atoms with Crippen LogP contribution in [-0.2, 0) is 4.74 Å². The van der Waals surface area contributed by atoms with Gasteiger partial charge in [0.2, 0.25) is 0 Å². The van der Waals surface area contributed by atoms with Crippen LogP contribution in [0.15, 0.2) is 0 Å². The molecule has 1 atom stereocenters. The third-order valence-electron chi connectivity index (χ3n) is 0.816. The largest absolute Gasteiger partial charge is 0.365 e. The van der Waals surface area contributed by atoms with Gasteiger partial charge in [0.25, 0.3) is 0 Å². The lowest BCUT2D eigenvalue weighted by atomic mass is 10.4. The molecule has 2 nitrogen and oxygen atoms in total. The summed E-state index contributed by atoms with van der Waals surface area (Å²) in [6.07, 6.45) is 5.24. The van der Waals surface area contributed by atoms with Gasteiger partial charge in [0.15, 0.2) is 0 Å². The van der Waals surface area contributed by atoms with Crippen LogP contribution >= 0.6 is 0 Å². The van der Waals surface area contributed by atoms with Crippen LogP contribution in [0, 0.1) is 23.7 Å². The maximum atomic E-state index is 8.07. The zero-order chi connectivity index (χ0) is 7.11. The molecular weight excluding hydrogens is 114 g/mol. The maximum absolute atomic E-state index is 8.07. The topological polar surface area (TPSA) is 33.0 Å². The van der Waals surface area contributed by atoms with E-state index < -0.39 is 0 Å². The first kappa shape index (κ1) is 8.01. The highest BCUT2D eigenvalue weighted by atomic mass is 16.5. The van der Waals surface area contributed by atoms with Gasteiger partial charge in [-0.25, -0.2) is 0 Å². The van der Waals surface area contributed by atoms with E-state index in [4.69, 9.17) is 16.4 Å². The molecule has 1 unspecified atom stereocenters. The quantitative estimate of drug-likeness (QED) is 0.413. The minimum absolute atomic E-state index is 0.168. The van der Waals surface area contributed by atoms with Gasteiger partial charge in [0.1, 0.15) is 6.10 Å². The second-order valence-corrected chi connectivity index (χ2v) is 1.59. The first-order valence-corrected chi connectivity index (χ1v) is 2.76. The van der Waals surface area contributed by atoms with Crippen molar-refractivity contribution in [3.05, 3.63) is 0 Å². The number of rotatable bonds is 3. The minimum Gasteiger partial charge on any atom is -0.365 e. The van der Waals surface area contributed by atoms with Gasteiger partial charge in [0, 0.05) is 0 Å². The number of ether oxygens (including phenoxy) is 1. The summed E-state index contributed by atoms with van der Waals surface area (Å²) in [5, 5.41) is 8.07.